The van der Waals surface area contributed by atoms with Gasteiger partial charge in [-0.15, -0.1) is 0 Å². The molecule has 0 aliphatic carbocycles. The van der Waals surface area contributed by atoms with Crippen LogP contribution in [0.2, 0.25) is 5.02 Å². The predicted molar refractivity (Wildman–Crippen MR) is 119 cm³/mol. The molecular weight excluding hydrogens is 467 g/mol. The maximum atomic E-state index is 14.0. The molecule has 0 unspecified atom stereocenters. The van der Waals surface area contributed by atoms with Crippen molar-refractivity contribution in [3.8, 4) is 11.3 Å². The first kappa shape index (κ1) is 21.2. The van der Waals surface area contributed by atoms with Crippen molar-refractivity contribution in [2.45, 2.75) is 37.8 Å². The van der Waals surface area contributed by atoms with Crippen molar-refractivity contribution in [2.75, 3.05) is 0 Å². The molecule has 2 bridgehead atoms. The molecule has 2 aliphatic rings. The number of fused-ring (bicyclic) bond motifs is 5. The van der Waals surface area contributed by atoms with Gasteiger partial charge in [0.1, 0.15) is 11.3 Å². The van der Waals surface area contributed by atoms with Crippen LogP contribution in [0.25, 0.3) is 16.9 Å². The number of aryl methyl sites for hydroxylation is 1. The monoisotopic (exact) mass is 485 g/mol. The van der Waals surface area contributed by atoms with E-state index in [2.05, 4.69) is 10.1 Å². The summed E-state index contributed by atoms with van der Waals surface area (Å²) in [5.74, 6) is -4.14. The number of imidazole rings is 1. The predicted octanol–water partition coefficient (Wildman–Crippen LogP) is 5.10. The number of aromatic nitrogens is 4. The van der Waals surface area contributed by atoms with Gasteiger partial charge in [-0.2, -0.15) is 5.10 Å². The molecule has 2 aliphatic heterocycles. The zero-order valence-corrected chi connectivity index (χ0v) is 18.9. The van der Waals surface area contributed by atoms with Crippen molar-refractivity contribution in [3.63, 3.8) is 0 Å². The lowest BCUT2D eigenvalue weighted by molar-refractivity contribution is 0.0385. The van der Waals surface area contributed by atoms with E-state index in [4.69, 9.17) is 11.6 Å². The molecule has 0 N–H and O–H groups in total. The molecule has 34 heavy (non-hydrogen) atoms. The minimum atomic E-state index is -1.50. The smallest absolute Gasteiger partial charge is 0.273 e. The van der Waals surface area contributed by atoms with Gasteiger partial charge in [0.05, 0.1) is 23.6 Å². The maximum Gasteiger partial charge on any atom is 0.273 e. The lowest BCUT2D eigenvalue weighted by Gasteiger charge is -2.45. The largest absolute Gasteiger partial charge is 0.325 e. The van der Waals surface area contributed by atoms with Crippen LogP contribution in [0.1, 0.15) is 47.1 Å². The van der Waals surface area contributed by atoms with Gasteiger partial charge in [0.15, 0.2) is 17.5 Å². The SMILES string of the molecule is Cn1nc2c(c1-c1cc(F)c(F)c(F)c1)C[C@@H]1CCC[C@H]2N1C(=O)c1cnc2cc(Cl)ccn12. The third-order valence-corrected chi connectivity index (χ3v) is 7.10. The molecule has 1 fully saturated rings. The number of amides is 1. The first-order chi connectivity index (χ1) is 16.3. The maximum absolute atomic E-state index is 14.0. The van der Waals surface area contributed by atoms with E-state index in [1.165, 1.54) is 0 Å². The molecule has 6 nitrogen and oxygen atoms in total. The fourth-order valence-electron chi connectivity index (χ4n) is 5.45. The second-order valence-corrected chi connectivity index (χ2v) is 9.26. The Morgan fingerprint density at radius 3 is 2.68 bits per heavy atom. The number of rotatable bonds is 2. The molecule has 2 atom stereocenters. The highest BCUT2D eigenvalue weighted by molar-refractivity contribution is 6.30. The molecular formula is C24H19ClF3N5O. The number of piperidine rings is 1. The highest BCUT2D eigenvalue weighted by Gasteiger charge is 2.44. The molecule has 174 valence electrons. The van der Waals surface area contributed by atoms with Crippen molar-refractivity contribution in [1.29, 1.82) is 0 Å². The van der Waals surface area contributed by atoms with E-state index >= 15 is 0 Å². The van der Waals surface area contributed by atoms with Gasteiger partial charge in [0.2, 0.25) is 0 Å². The molecule has 0 saturated carbocycles. The minimum Gasteiger partial charge on any atom is -0.325 e. The number of hydrogen-bond acceptors (Lipinski definition) is 3. The molecule has 0 spiro atoms. The van der Waals surface area contributed by atoms with Crippen LogP contribution in [0, 0.1) is 17.5 Å². The Morgan fingerprint density at radius 1 is 1.15 bits per heavy atom. The number of hydrogen-bond donors (Lipinski definition) is 0. The van der Waals surface area contributed by atoms with Gasteiger partial charge in [-0.1, -0.05) is 11.6 Å². The lowest BCUT2D eigenvalue weighted by atomic mass is 9.81. The summed E-state index contributed by atoms with van der Waals surface area (Å²) in [6, 6.07) is 5.00. The van der Waals surface area contributed by atoms with Gasteiger partial charge in [-0.05, 0) is 43.9 Å². The fraction of sp³-hybridized carbons (Fsp3) is 0.292. The first-order valence-electron chi connectivity index (χ1n) is 11.0. The summed E-state index contributed by atoms with van der Waals surface area (Å²) in [7, 11) is 1.69. The average molecular weight is 486 g/mol. The highest BCUT2D eigenvalue weighted by atomic mass is 35.5. The van der Waals surface area contributed by atoms with Gasteiger partial charge >= 0.3 is 0 Å². The number of halogens is 4. The van der Waals surface area contributed by atoms with Gasteiger partial charge in [0, 0.05) is 41.5 Å². The van der Waals surface area contributed by atoms with Gasteiger partial charge in [-0.3, -0.25) is 13.9 Å². The molecule has 0 radical (unpaired) electrons. The zero-order chi connectivity index (χ0) is 23.7. The Labute approximate surface area is 197 Å². The topological polar surface area (TPSA) is 55.4 Å². The van der Waals surface area contributed by atoms with E-state index in [-0.39, 0.29) is 23.6 Å². The van der Waals surface area contributed by atoms with Crippen LogP contribution in [0.5, 0.6) is 0 Å². The van der Waals surface area contributed by atoms with Crippen molar-refractivity contribution >= 4 is 23.2 Å². The number of pyridine rings is 1. The number of benzene rings is 1. The van der Waals surface area contributed by atoms with E-state index in [1.807, 2.05) is 4.90 Å². The summed E-state index contributed by atoms with van der Waals surface area (Å²) in [6.45, 7) is 0. The molecule has 5 heterocycles. The van der Waals surface area contributed by atoms with Gasteiger partial charge in [0.25, 0.3) is 5.91 Å². The third-order valence-electron chi connectivity index (χ3n) is 6.86. The second-order valence-electron chi connectivity index (χ2n) is 8.82. The quantitative estimate of drug-likeness (QED) is 0.371. The zero-order valence-electron chi connectivity index (χ0n) is 18.1. The van der Waals surface area contributed by atoms with Crippen LogP contribution in [-0.2, 0) is 13.5 Å². The fourth-order valence-corrected chi connectivity index (χ4v) is 5.60. The molecule has 6 rings (SSSR count). The molecule has 3 aromatic heterocycles. The van der Waals surface area contributed by atoms with Crippen molar-refractivity contribution in [2.24, 2.45) is 7.05 Å². The first-order valence-corrected chi connectivity index (χ1v) is 11.4. The van der Waals surface area contributed by atoms with Crippen LogP contribution in [0.4, 0.5) is 13.2 Å². The Hall–Kier alpha value is -3.33. The van der Waals surface area contributed by atoms with Crippen molar-refractivity contribution < 1.29 is 18.0 Å². The van der Waals surface area contributed by atoms with Crippen LogP contribution in [0.15, 0.2) is 36.7 Å². The Morgan fingerprint density at radius 2 is 1.91 bits per heavy atom. The summed E-state index contributed by atoms with van der Waals surface area (Å²) in [5, 5.41) is 5.20. The second kappa shape index (κ2) is 7.59. The Bertz CT molecular complexity index is 1460. The van der Waals surface area contributed by atoms with Crippen LogP contribution < -0.4 is 0 Å². The van der Waals surface area contributed by atoms with Crippen molar-refractivity contribution in [3.05, 3.63) is 76.1 Å². The third kappa shape index (κ3) is 3.06. The standard InChI is InChI=1S/C24H19ClF3N5O/c1-31-23(12-7-16(26)21(28)17(27)8-12)15-10-14-3-2-4-18(22(15)30-31)33(14)24(34)19-11-29-20-9-13(25)5-6-32(19)20/h5-9,11,14,18H,2-4,10H2,1H3/t14-,18+/m0/s1. The number of carbonyl (C=O) groups is 1. The molecule has 1 saturated heterocycles. The van der Waals surface area contributed by atoms with E-state index in [0.717, 1.165) is 37.0 Å². The summed E-state index contributed by atoms with van der Waals surface area (Å²) in [4.78, 5) is 19.9. The normalized spacial score (nSPS) is 19.5. The van der Waals surface area contributed by atoms with E-state index in [9.17, 15) is 18.0 Å². The Kier molecular flexibility index (Phi) is 4.74. The highest BCUT2D eigenvalue weighted by Crippen LogP contribution is 2.45. The molecule has 1 amide bonds. The van der Waals surface area contributed by atoms with E-state index < -0.39 is 17.5 Å². The molecule has 10 heteroatoms. The van der Waals surface area contributed by atoms with Crippen molar-refractivity contribution in [1.82, 2.24) is 24.1 Å². The van der Waals surface area contributed by atoms with Crippen LogP contribution >= 0.6 is 11.6 Å². The summed E-state index contributed by atoms with van der Waals surface area (Å²) >= 11 is 6.06. The minimum absolute atomic E-state index is 0.102. The van der Waals surface area contributed by atoms with Crippen LogP contribution in [-0.4, -0.2) is 36.0 Å². The molecule has 1 aromatic carbocycles. The van der Waals surface area contributed by atoms with E-state index in [1.54, 1.807) is 40.7 Å². The summed E-state index contributed by atoms with van der Waals surface area (Å²) in [5.41, 5.74) is 3.34. The Balaban J connectivity index is 1.44. The lowest BCUT2D eigenvalue weighted by Crippen LogP contribution is -2.50. The summed E-state index contributed by atoms with van der Waals surface area (Å²) < 4.78 is 44.8. The van der Waals surface area contributed by atoms with Crippen LogP contribution in [0.3, 0.4) is 0 Å². The van der Waals surface area contributed by atoms with Gasteiger partial charge in [-0.25, -0.2) is 18.2 Å². The summed E-state index contributed by atoms with van der Waals surface area (Å²) in [6.07, 6.45) is 6.22. The number of nitrogens with zero attached hydrogens (tertiary/aromatic N) is 5. The van der Waals surface area contributed by atoms with Gasteiger partial charge < -0.3 is 4.90 Å². The van der Waals surface area contributed by atoms with E-state index in [0.29, 0.717) is 34.2 Å². The molecule has 4 aromatic rings. The number of carbonyl (C=O) groups excluding carboxylic acids is 1. The average Bonchev–Trinajstić information content (AvgIpc) is 3.36.